The first kappa shape index (κ1) is 13.6. The molecule has 19 heavy (non-hydrogen) atoms. The zero-order chi connectivity index (χ0) is 13.8. The van der Waals surface area contributed by atoms with Crippen molar-refractivity contribution in [2.45, 2.75) is 12.6 Å². The molecule has 2 aromatic rings. The van der Waals surface area contributed by atoms with Gasteiger partial charge >= 0.3 is 0 Å². The number of nitrogens with zero attached hydrogens (tertiary/aromatic N) is 3. The van der Waals surface area contributed by atoms with E-state index >= 15 is 0 Å². The number of likely N-dealkylation sites (N-methyl/N-ethyl adjacent to an activating group) is 1. The Morgan fingerprint density at radius 3 is 2.89 bits per heavy atom. The normalized spacial score (nSPS) is 12.9. The van der Waals surface area contributed by atoms with Crippen LogP contribution in [0.25, 0.3) is 0 Å². The second-order valence-corrected chi connectivity index (χ2v) is 4.58. The minimum atomic E-state index is -0.807. The SMILES string of the molecule is COc1cnn(CCN(C)C)c1C(O)c1ccoc1. The minimum Gasteiger partial charge on any atom is -0.493 e. The Morgan fingerprint density at radius 1 is 1.53 bits per heavy atom. The Morgan fingerprint density at radius 2 is 2.32 bits per heavy atom. The Kier molecular flexibility index (Phi) is 4.24. The van der Waals surface area contributed by atoms with Gasteiger partial charge in [-0.05, 0) is 20.2 Å². The summed E-state index contributed by atoms with van der Waals surface area (Å²) in [5.41, 5.74) is 1.33. The Bertz CT molecular complexity index is 505. The maximum atomic E-state index is 10.4. The van der Waals surface area contributed by atoms with Crippen LogP contribution in [0.15, 0.2) is 29.2 Å². The van der Waals surface area contributed by atoms with Gasteiger partial charge in [0.2, 0.25) is 0 Å². The van der Waals surface area contributed by atoms with E-state index in [1.807, 2.05) is 14.1 Å². The second-order valence-electron chi connectivity index (χ2n) is 4.58. The Balaban J connectivity index is 2.28. The summed E-state index contributed by atoms with van der Waals surface area (Å²) in [4.78, 5) is 2.06. The maximum absolute atomic E-state index is 10.4. The largest absolute Gasteiger partial charge is 0.493 e. The molecule has 1 atom stereocenters. The molecule has 0 aromatic carbocycles. The summed E-state index contributed by atoms with van der Waals surface area (Å²) in [5.74, 6) is 0.576. The van der Waals surface area contributed by atoms with Crippen LogP contribution in [0.4, 0.5) is 0 Å². The highest BCUT2D eigenvalue weighted by Gasteiger charge is 2.22. The molecule has 104 valence electrons. The third-order valence-corrected chi connectivity index (χ3v) is 2.94. The highest BCUT2D eigenvalue weighted by atomic mass is 16.5. The fraction of sp³-hybridized carbons (Fsp3) is 0.462. The molecule has 2 aromatic heterocycles. The zero-order valence-corrected chi connectivity index (χ0v) is 11.4. The molecule has 2 heterocycles. The summed E-state index contributed by atoms with van der Waals surface area (Å²) in [7, 11) is 5.55. The molecule has 0 saturated heterocycles. The predicted molar refractivity (Wildman–Crippen MR) is 70.1 cm³/mol. The highest BCUT2D eigenvalue weighted by Crippen LogP contribution is 2.29. The smallest absolute Gasteiger partial charge is 0.163 e. The van der Waals surface area contributed by atoms with Crippen molar-refractivity contribution in [2.24, 2.45) is 0 Å². The molecule has 0 aliphatic carbocycles. The number of hydrogen-bond donors (Lipinski definition) is 1. The lowest BCUT2D eigenvalue weighted by Gasteiger charge is -2.15. The van der Waals surface area contributed by atoms with Gasteiger partial charge in [0, 0.05) is 12.1 Å². The standard InChI is InChI=1S/C13H19N3O3/c1-15(2)5-6-16-12(11(18-3)8-14-16)13(17)10-4-7-19-9-10/h4,7-9,13,17H,5-6H2,1-3H3. The van der Waals surface area contributed by atoms with Gasteiger partial charge in [-0.2, -0.15) is 5.10 Å². The van der Waals surface area contributed by atoms with Gasteiger partial charge in [-0.25, -0.2) is 0 Å². The third-order valence-electron chi connectivity index (χ3n) is 2.94. The lowest BCUT2D eigenvalue weighted by Crippen LogP contribution is -2.21. The maximum Gasteiger partial charge on any atom is 0.163 e. The zero-order valence-electron chi connectivity index (χ0n) is 11.4. The van der Waals surface area contributed by atoms with Gasteiger partial charge in [-0.3, -0.25) is 4.68 Å². The molecule has 0 fully saturated rings. The highest BCUT2D eigenvalue weighted by molar-refractivity contribution is 5.33. The number of furan rings is 1. The van der Waals surface area contributed by atoms with Crippen LogP contribution in [0.1, 0.15) is 17.4 Å². The summed E-state index contributed by atoms with van der Waals surface area (Å²) in [6.07, 6.45) is 3.87. The van der Waals surface area contributed by atoms with E-state index in [9.17, 15) is 5.11 Å². The fourth-order valence-corrected chi connectivity index (χ4v) is 1.87. The van der Waals surface area contributed by atoms with Gasteiger partial charge in [-0.1, -0.05) is 0 Å². The third kappa shape index (κ3) is 2.97. The Labute approximate surface area is 112 Å². The van der Waals surface area contributed by atoms with Crippen molar-refractivity contribution in [2.75, 3.05) is 27.7 Å². The van der Waals surface area contributed by atoms with Crippen molar-refractivity contribution in [3.05, 3.63) is 36.0 Å². The molecule has 0 bridgehead atoms. The minimum absolute atomic E-state index is 0.576. The second kappa shape index (κ2) is 5.90. The van der Waals surface area contributed by atoms with Crippen molar-refractivity contribution >= 4 is 0 Å². The summed E-state index contributed by atoms with van der Waals surface area (Å²) < 4.78 is 12.0. The molecule has 1 N–H and O–H groups in total. The van der Waals surface area contributed by atoms with Crippen LogP contribution < -0.4 is 4.74 Å². The molecule has 6 heteroatoms. The van der Waals surface area contributed by atoms with Gasteiger partial charge in [-0.15, -0.1) is 0 Å². The van der Waals surface area contributed by atoms with E-state index in [0.717, 1.165) is 6.54 Å². The topological polar surface area (TPSA) is 63.7 Å². The molecule has 0 radical (unpaired) electrons. The monoisotopic (exact) mass is 265 g/mol. The predicted octanol–water partition coefficient (Wildman–Crippen LogP) is 1.13. The van der Waals surface area contributed by atoms with Gasteiger partial charge in [0.25, 0.3) is 0 Å². The van der Waals surface area contributed by atoms with Gasteiger partial charge in [0.1, 0.15) is 11.8 Å². The molecule has 0 spiro atoms. The quantitative estimate of drug-likeness (QED) is 0.848. The van der Waals surface area contributed by atoms with Crippen molar-refractivity contribution in [1.29, 1.82) is 0 Å². The van der Waals surface area contributed by atoms with Gasteiger partial charge in [0.15, 0.2) is 5.75 Å². The number of aliphatic hydroxyl groups excluding tert-OH is 1. The average molecular weight is 265 g/mol. The number of rotatable bonds is 6. The first-order valence-electron chi connectivity index (χ1n) is 6.08. The van der Waals surface area contributed by atoms with E-state index < -0.39 is 6.10 Å². The number of aromatic nitrogens is 2. The molecule has 1 unspecified atom stereocenters. The lowest BCUT2D eigenvalue weighted by molar-refractivity contribution is 0.199. The number of hydrogen-bond acceptors (Lipinski definition) is 5. The fourth-order valence-electron chi connectivity index (χ4n) is 1.87. The summed E-state index contributed by atoms with van der Waals surface area (Å²) in [6, 6.07) is 1.73. The van der Waals surface area contributed by atoms with Gasteiger partial charge < -0.3 is 19.2 Å². The van der Waals surface area contributed by atoms with Crippen molar-refractivity contribution in [3.63, 3.8) is 0 Å². The Hall–Kier alpha value is -1.79. The van der Waals surface area contributed by atoms with E-state index in [-0.39, 0.29) is 0 Å². The summed E-state index contributed by atoms with van der Waals surface area (Å²) >= 11 is 0. The van der Waals surface area contributed by atoms with Crippen molar-refractivity contribution in [1.82, 2.24) is 14.7 Å². The number of aliphatic hydroxyl groups is 1. The first-order chi connectivity index (χ1) is 9.13. The molecule has 2 rings (SSSR count). The molecule has 0 amide bonds. The van der Waals surface area contributed by atoms with E-state index in [0.29, 0.717) is 23.6 Å². The van der Waals surface area contributed by atoms with Crippen LogP contribution in [-0.4, -0.2) is 47.5 Å². The molecule has 0 saturated carbocycles. The first-order valence-corrected chi connectivity index (χ1v) is 6.08. The van der Waals surface area contributed by atoms with E-state index in [4.69, 9.17) is 9.15 Å². The number of methoxy groups -OCH3 is 1. The molecular weight excluding hydrogens is 246 g/mol. The van der Waals surface area contributed by atoms with Crippen molar-refractivity contribution in [3.8, 4) is 5.75 Å². The van der Waals surface area contributed by atoms with Crippen LogP contribution in [0, 0.1) is 0 Å². The van der Waals surface area contributed by atoms with E-state index in [1.165, 1.54) is 12.5 Å². The number of ether oxygens (including phenoxy) is 1. The molecule has 6 nitrogen and oxygen atoms in total. The summed E-state index contributed by atoms with van der Waals surface area (Å²) in [5, 5.41) is 14.7. The molecule has 0 aliphatic heterocycles. The average Bonchev–Trinajstić information content (AvgIpc) is 3.04. The van der Waals surface area contributed by atoms with Crippen molar-refractivity contribution < 1.29 is 14.3 Å². The van der Waals surface area contributed by atoms with Gasteiger partial charge in [0.05, 0.1) is 32.4 Å². The summed E-state index contributed by atoms with van der Waals surface area (Å²) in [6.45, 7) is 1.51. The van der Waals surface area contributed by atoms with Crippen LogP contribution in [0.5, 0.6) is 5.75 Å². The van der Waals surface area contributed by atoms with Crippen LogP contribution in [0.3, 0.4) is 0 Å². The van der Waals surface area contributed by atoms with Crippen LogP contribution in [-0.2, 0) is 6.54 Å². The molecule has 0 aliphatic rings. The molecular formula is C13H19N3O3. The van der Waals surface area contributed by atoms with E-state index in [2.05, 4.69) is 10.00 Å². The lowest BCUT2D eigenvalue weighted by atomic mass is 10.1. The van der Waals surface area contributed by atoms with Crippen LogP contribution in [0.2, 0.25) is 0 Å². The van der Waals surface area contributed by atoms with Crippen LogP contribution >= 0.6 is 0 Å². The van der Waals surface area contributed by atoms with E-state index in [1.54, 1.807) is 24.1 Å².